The van der Waals surface area contributed by atoms with Crippen LogP contribution in [0.5, 0.6) is 0 Å². The molecule has 1 aliphatic rings. The summed E-state index contributed by atoms with van der Waals surface area (Å²) >= 11 is 0. The molecule has 41 heavy (non-hydrogen) atoms. The van der Waals surface area contributed by atoms with Gasteiger partial charge in [-0.2, -0.15) is 0 Å². The second kappa shape index (κ2) is 13.2. The lowest BCUT2D eigenvalue weighted by Gasteiger charge is -2.34. The normalized spacial score (nSPS) is 17.5. The summed E-state index contributed by atoms with van der Waals surface area (Å²) in [5.74, 6) is -3.29. The third-order valence-electron chi connectivity index (χ3n) is 7.23. The highest BCUT2D eigenvalue weighted by Crippen LogP contribution is 2.25. The van der Waals surface area contributed by atoms with Gasteiger partial charge in [0.2, 0.25) is 11.8 Å². The molecule has 1 aliphatic heterocycles. The molecule has 10 nitrogen and oxygen atoms in total. The maximum atomic E-state index is 15.2. The van der Waals surface area contributed by atoms with Crippen LogP contribution in [0.2, 0.25) is 0 Å². The van der Waals surface area contributed by atoms with Crippen molar-refractivity contribution in [2.45, 2.75) is 78.9 Å². The topological polar surface area (TPSA) is 141 Å². The van der Waals surface area contributed by atoms with Crippen molar-refractivity contribution < 1.29 is 28.7 Å². The van der Waals surface area contributed by atoms with Crippen LogP contribution in [0.15, 0.2) is 30.3 Å². The number of pyridine rings is 1. The Morgan fingerprint density at radius 3 is 2.49 bits per heavy atom. The summed E-state index contributed by atoms with van der Waals surface area (Å²) in [7, 11) is 0. The number of hydrogen-bond acceptors (Lipinski definition) is 6. The highest BCUT2D eigenvalue weighted by Gasteiger charge is 2.34. The second-order valence-electron chi connectivity index (χ2n) is 11.3. The van der Waals surface area contributed by atoms with Crippen molar-refractivity contribution in [3.63, 3.8) is 0 Å². The fourth-order valence-corrected chi connectivity index (χ4v) is 4.49. The molecule has 222 valence electrons. The lowest BCUT2D eigenvalue weighted by atomic mass is 9.89. The summed E-state index contributed by atoms with van der Waals surface area (Å²) in [6, 6.07) is 4.33. The molecule has 11 heteroatoms. The van der Waals surface area contributed by atoms with Gasteiger partial charge in [-0.05, 0) is 52.0 Å². The van der Waals surface area contributed by atoms with E-state index in [1.807, 2.05) is 19.1 Å². The largest absolute Gasteiger partial charge is 0.480 e. The maximum Gasteiger partial charge on any atom is 0.322 e. The third-order valence-corrected chi connectivity index (χ3v) is 7.23. The molecule has 0 aliphatic carbocycles. The van der Waals surface area contributed by atoms with Gasteiger partial charge in [0.05, 0.1) is 5.41 Å². The van der Waals surface area contributed by atoms with Crippen LogP contribution in [-0.2, 0) is 25.6 Å². The highest BCUT2D eigenvalue weighted by molar-refractivity contribution is 5.94. The number of carbonyl (C=O) groups excluding carboxylic acids is 3. The number of nitrogens with zero attached hydrogens (tertiary/aromatic N) is 2. The summed E-state index contributed by atoms with van der Waals surface area (Å²) < 4.78 is 15.2. The van der Waals surface area contributed by atoms with E-state index in [9.17, 15) is 24.3 Å². The van der Waals surface area contributed by atoms with Gasteiger partial charge in [0.15, 0.2) is 5.82 Å². The first-order chi connectivity index (χ1) is 19.2. The predicted molar refractivity (Wildman–Crippen MR) is 154 cm³/mol. The SMILES string of the molecule is CCc1ccc2ccc(C=CC(C)(C)C(=O)NC(C(=O)NC(C)C(=O)N3CCCC(C(=O)O)N3)C(C)C)c(F)c2n1. The Bertz CT molecular complexity index is 1340. The van der Waals surface area contributed by atoms with Crippen molar-refractivity contribution in [2.24, 2.45) is 11.3 Å². The van der Waals surface area contributed by atoms with Crippen LogP contribution >= 0.6 is 0 Å². The van der Waals surface area contributed by atoms with Gasteiger partial charge < -0.3 is 15.7 Å². The maximum absolute atomic E-state index is 15.2. The monoisotopic (exact) mass is 569 g/mol. The number of carboxylic acids is 1. The van der Waals surface area contributed by atoms with E-state index in [4.69, 9.17) is 0 Å². The standard InChI is InChI=1S/C30H40FN5O5/c1-7-21-13-12-20-11-10-19(23(31)25(20)33-21)14-15-30(5,6)29(41)34-24(17(2)3)26(37)32-18(4)27(38)36-16-8-9-22(35-36)28(39)40/h10-15,17-18,22,24,35H,7-9,16H2,1-6H3,(H,32,37)(H,34,41)(H,39,40). The van der Waals surface area contributed by atoms with Crippen molar-refractivity contribution in [1.29, 1.82) is 0 Å². The van der Waals surface area contributed by atoms with Crippen LogP contribution in [0, 0.1) is 17.2 Å². The molecule has 2 aromatic rings. The Labute approximate surface area is 239 Å². The van der Waals surface area contributed by atoms with Crippen LogP contribution in [0.1, 0.15) is 65.6 Å². The molecular formula is C30H40FN5O5. The number of aliphatic carboxylic acids is 1. The Morgan fingerprint density at radius 1 is 1.17 bits per heavy atom. The van der Waals surface area contributed by atoms with Crippen LogP contribution in [0.3, 0.4) is 0 Å². The zero-order chi connectivity index (χ0) is 30.5. The quantitative estimate of drug-likeness (QED) is 0.344. The molecule has 3 amide bonds. The van der Waals surface area contributed by atoms with Gasteiger partial charge in [0.25, 0.3) is 5.91 Å². The van der Waals surface area contributed by atoms with E-state index >= 15 is 4.39 Å². The molecule has 2 heterocycles. The molecule has 1 saturated heterocycles. The van der Waals surface area contributed by atoms with Crippen molar-refractivity contribution in [3.05, 3.63) is 47.4 Å². The predicted octanol–water partition coefficient (Wildman–Crippen LogP) is 3.20. The number of fused-ring (bicyclic) bond motifs is 1. The van der Waals surface area contributed by atoms with E-state index in [-0.39, 0.29) is 11.4 Å². The number of halogens is 1. The molecule has 3 rings (SSSR count). The number of rotatable bonds is 10. The van der Waals surface area contributed by atoms with Crippen molar-refractivity contribution in [1.82, 2.24) is 26.1 Å². The third kappa shape index (κ3) is 7.66. The van der Waals surface area contributed by atoms with Gasteiger partial charge in [0.1, 0.15) is 23.6 Å². The zero-order valence-corrected chi connectivity index (χ0v) is 24.5. The van der Waals surface area contributed by atoms with Crippen LogP contribution in [0.25, 0.3) is 17.0 Å². The van der Waals surface area contributed by atoms with E-state index < -0.39 is 53.0 Å². The lowest BCUT2D eigenvalue weighted by Crippen LogP contribution is -2.61. The summed E-state index contributed by atoms with van der Waals surface area (Å²) in [5, 5.41) is 16.6. The average Bonchev–Trinajstić information content (AvgIpc) is 2.94. The van der Waals surface area contributed by atoms with Crippen LogP contribution in [0.4, 0.5) is 4.39 Å². The van der Waals surface area contributed by atoms with Gasteiger partial charge in [-0.25, -0.2) is 14.8 Å². The van der Waals surface area contributed by atoms with E-state index in [0.29, 0.717) is 36.8 Å². The lowest BCUT2D eigenvalue weighted by molar-refractivity contribution is -0.148. The Morgan fingerprint density at radius 2 is 1.85 bits per heavy atom. The number of nitrogens with one attached hydrogen (secondary N) is 3. The molecule has 1 aromatic carbocycles. The van der Waals surface area contributed by atoms with Gasteiger partial charge >= 0.3 is 5.97 Å². The zero-order valence-electron chi connectivity index (χ0n) is 24.5. The van der Waals surface area contributed by atoms with E-state index in [1.165, 1.54) is 18.0 Å². The first-order valence-corrected chi connectivity index (χ1v) is 13.9. The Kier molecular flexibility index (Phi) is 10.2. The smallest absolute Gasteiger partial charge is 0.322 e. The summed E-state index contributed by atoms with van der Waals surface area (Å²) in [5.41, 5.74) is 2.93. The van der Waals surface area contributed by atoms with Crippen molar-refractivity contribution in [2.75, 3.05) is 6.54 Å². The van der Waals surface area contributed by atoms with Gasteiger partial charge in [-0.3, -0.25) is 24.2 Å². The van der Waals surface area contributed by atoms with Gasteiger partial charge in [-0.15, -0.1) is 0 Å². The summed E-state index contributed by atoms with van der Waals surface area (Å²) in [4.78, 5) is 55.0. The second-order valence-corrected chi connectivity index (χ2v) is 11.3. The fraction of sp³-hybridized carbons (Fsp3) is 0.500. The highest BCUT2D eigenvalue weighted by atomic mass is 19.1. The molecule has 0 spiro atoms. The molecule has 4 N–H and O–H groups in total. The number of benzene rings is 1. The molecule has 0 saturated carbocycles. The Hall–Kier alpha value is -3.86. The number of aromatic nitrogens is 1. The number of hydrazine groups is 1. The molecule has 1 fully saturated rings. The molecule has 3 atom stereocenters. The fourth-order valence-electron chi connectivity index (χ4n) is 4.49. The van der Waals surface area contributed by atoms with Crippen molar-refractivity contribution in [3.8, 4) is 0 Å². The van der Waals surface area contributed by atoms with Gasteiger partial charge in [-0.1, -0.05) is 51.1 Å². The minimum absolute atomic E-state index is 0.271. The molecular weight excluding hydrogens is 529 g/mol. The molecule has 1 aromatic heterocycles. The molecule has 0 bridgehead atoms. The number of carboxylic acid groups (broad SMARTS) is 1. The van der Waals surface area contributed by atoms with Crippen LogP contribution in [-0.4, -0.2) is 63.5 Å². The molecule has 0 radical (unpaired) electrons. The Balaban J connectivity index is 1.68. The number of amides is 3. The van der Waals surface area contributed by atoms with Crippen LogP contribution < -0.4 is 16.1 Å². The minimum atomic E-state index is -1.10. The first-order valence-electron chi connectivity index (χ1n) is 13.9. The number of hydrogen-bond donors (Lipinski definition) is 4. The average molecular weight is 570 g/mol. The first kappa shape index (κ1) is 31.7. The van der Waals surface area contributed by atoms with Gasteiger partial charge in [0, 0.05) is 23.2 Å². The summed E-state index contributed by atoms with van der Waals surface area (Å²) in [6.07, 6.45) is 4.72. The summed E-state index contributed by atoms with van der Waals surface area (Å²) in [6.45, 7) is 10.6. The van der Waals surface area contributed by atoms with E-state index in [2.05, 4.69) is 21.0 Å². The van der Waals surface area contributed by atoms with Crippen molar-refractivity contribution >= 4 is 40.7 Å². The van der Waals surface area contributed by atoms with E-state index in [1.54, 1.807) is 45.9 Å². The number of carbonyl (C=O) groups is 4. The van der Waals surface area contributed by atoms with E-state index in [0.717, 1.165) is 5.69 Å². The minimum Gasteiger partial charge on any atom is -0.480 e. The molecule has 3 unspecified atom stereocenters. The number of aryl methyl sites for hydroxylation is 1.